The molecule has 0 amide bonds. The second kappa shape index (κ2) is 3.69. The van der Waals surface area contributed by atoms with Gasteiger partial charge in [-0.15, -0.1) is 0 Å². The molecule has 6 heteroatoms. The molecule has 3 aromatic rings. The number of carboxylic acid groups (broad SMARTS) is 1. The van der Waals surface area contributed by atoms with Gasteiger partial charge in [-0.2, -0.15) is 5.10 Å². The smallest absolute Gasteiger partial charge is 0.353 e. The summed E-state index contributed by atoms with van der Waals surface area (Å²) in [6, 6.07) is 7.00. The highest BCUT2D eigenvalue weighted by Gasteiger charge is 2.11. The van der Waals surface area contributed by atoms with E-state index < -0.39 is 5.97 Å². The third kappa shape index (κ3) is 1.55. The van der Waals surface area contributed by atoms with Crippen molar-refractivity contribution in [1.82, 2.24) is 15.4 Å². The molecule has 0 atom stereocenters. The lowest BCUT2D eigenvalue weighted by molar-refractivity contribution is 0.0690. The standard InChI is InChI=1S/C12H9N3O3/c1-6-8-3-2-7(4-11(8)18-15-6)9-5-10(12(16)17)14-13-9/h2-5H,1H3,(H,13,14)(H,16,17). The van der Waals surface area contributed by atoms with Crippen molar-refractivity contribution in [2.75, 3.05) is 0 Å². The van der Waals surface area contributed by atoms with Gasteiger partial charge in [0.1, 0.15) is 5.69 Å². The van der Waals surface area contributed by atoms with Crippen molar-refractivity contribution in [2.24, 2.45) is 0 Å². The molecule has 6 nitrogen and oxygen atoms in total. The number of carboxylic acids is 1. The van der Waals surface area contributed by atoms with Gasteiger partial charge in [0.2, 0.25) is 0 Å². The Balaban J connectivity index is 2.10. The summed E-state index contributed by atoms with van der Waals surface area (Å²) < 4.78 is 5.16. The fourth-order valence-electron chi connectivity index (χ4n) is 1.80. The van der Waals surface area contributed by atoms with E-state index in [-0.39, 0.29) is 5.69 Å². The number of H-pyrrole nitrogens is 1. The number of hydrogen-bond donors (Lipinski definition) is 2. The van der Waals surface area contributed by atoms with Gasteiger partial charge in [-0.3, -0.25) is 5.10 Å². The molecule has 0 unspecified atom stereocenters. The van der Waals surface area contributed by atoms with Crippen molar-refractivity contribution < 1.29 is 14.4 Å². The van der Waals surface area contributed by atoms with Gasteiger partial charge in [0.05, 0.1) is 11.4 Å². The van der Waals surface area contributed by atoms with Gasteiger partial charge in [-0.1, -0.05) is 11.2 Å². The molecule has 0 saturated heterocycles. The Morgan fingerprint density at radius 1 is 1.39 bits per heavy atom. The minimum Gasteiger partial charge on any atom is -0.477 e. The zero-order valence-corrected chi connectivity index (χ0v) is 9.47. The quantitative estimate of drug-likeness (QED) is 0.720. The molecule has 0 aliphatic heterocycles. The topological polar surface area (TPSA) is 92.0 Å². The van der Waals surface area contributed by atoms with Crippen LogP contribution in [0.1, 0.15) is 16.2 Å². The van der Waals surface area contributed by atoms with E-state index in [2.05, 4.69) is 15.4 Å². The molecule has 0 aliphatic carbocycles. The van der Waals surface area contributed by atoms with E-state index in [4.69, 9.17) is 9.63 Å². The minimum atomic E-state index is -1.04. The molecular formula is C12H9N3O3. The van der Waals surface area contributed by atoms with Crippen molar-refractivity contribution in [3.8, 4) is 11.3 Å². The predicted octanol–water partition coefficient (Wildman–Crippen LogP) is 2.22. The van der Waals surface area contributed by atoms with E-state index >= 15 is 0 Å². The lowest BCUT2D eigenvalue weighted by atomic mass is 10.1. The second-order valence-corrected chi connectivity index (χ2v) is 3.95. The van der Waals surface area contributed by atoms with E-state index in [0.29, 0.717) is 11.3 Å². The van der Waals surface area contributed by atoms with Crippen molar-refractivity contribution in [2.45, 2.75) is 6.92 Å². The molecule has 1 aromatic carbocycles. The molecule has 2 heterocycles. The third-order valence-electron chi connectivity index (χ3n) is 2.76. The molecular weight excluding hydrogens is 234 g/mol. The number of aromatic amines is 1. The van der Waals surface area contributed by atoms with Crippen molar-refractivity contribution in [3.05, 3.63) is 35.7 Å². The molecule has 0 radical (unpaired) electrons. The Hall–Kier alpha value is -2.63. The molecule has 0 aliphatic rings. The van der Waals surface area contributed by atoms with Crippen LogP contribution in [0.5, 0.6) is 0 Å². The molecule has 0 bridgehead atoms. The van der Waals surface area contributed by atoms with Gasteiger partial charge in [0.25, 0.3) is 0 Å². The molecule has 18 heavy (non-hydrogen) atoms. The zero-order valence-electron chi connectivity index (χ0n) is 9.47. The Kier molecular flexibility index (Phi) is 2.16. The Morgan fingerprint density at radius 3 is 2.94 bits per heavy atom. The first kappa shape index (κ1) is 10.5. The van der Waals surface area contributed by atoms with Crippen LogP contribution in [0.25, 0.3) is 22.2 Å². The van der Waals surface area contributed by atoms with E-state index in [1.807, 2.05) is 19.1 Å². The maximum Gasteiger partial charge on any atom is 0.353 e. The summed E-state index contributed by atoms with van der Waals surface area (Å²) in [5.74, 6) is -1.04. The van der Waals surface area contributed by atoms with Crippen LogP contribution in [0.4, 0.5) is 0 Å². The molecule has 2 N–H and O–H groups in total. The number of aryl methyl sites for hydroxylation is 1. The van der Waals surface area contributed by atoms with Crippen LogP contribution in [-0.2, 0) is 0 Å². The number of benzene rings is 1. The first-order valence-corrected chi connectivity index (χ1v) is 5.30. The Bertz CT molecular complexity index is 742. The molecule has 0 spiro atoms. The number of nitrogens with zero attached hydrogens (tertiary/aromatic N) is 2. The van der Waals surface area contributed by atoms with E-state index in [1.54, 1.807) is 6.07 Å². The monoisotopic (exact) mass is 243 g/mol. The number of aromatic carboxylic acids is 1. The van der Waals surface area contributed by atoms with Crippen LogP contribution >= 0.6 is 0 Å². The lowest BCUT2D eigenvalue weighted by Gasteiger charge is -1.95. The number of carbonyl (C=O) groups is 1. The van der Waals surface area contributed by atoms with Gasteiger partial charge in [0.15, 0.2) is 5.58 Å². The number of hydrogen-bond acceptors (Lipinski definition) is 4. The summed E-state index contributed by atoms with van der Waals surface area (Å²) in [5.41, 5.74) is 2.87. The fraction of sp³-hybridized carbons (Fsp3) is 0.0833. The summed E-state index contributed by atoms with van der Waals surface area (Å²) in [4.78, 5) is 10.8. The number of aromatic nitrogens is 3. The maximum absolute atomic E-state index is 10.8. The van der Waals surface area contributed by atoms with Gasteiger partial charge in [-0.05, 0) is 25.1 Å². The summed E-state index contributed by atoms with van der Waals surface area (Å²) >= 11 is 0. The summed E-state index contributed by atoms with van der Waals surface area (Å²) in [5, 5.41) is 20.0. The van der Waals surface area contributed by atoms with E-state index in [1.165, 1.54) is 6.07 Å². The molecule has 0 fully saturated rings. The van der Waals surface area contributed by atoms with Crippen LogP contribution in [0, 0.1) is 6.92 Å². The fourth-order valence-corrected chi connectivity index (χ4v) is 1.80. The average molecular weight is 243 g/mol. The summed E-state index contributed by atoms with van der Waals surface area (Å²) in [7, 11) is 0. The van der Waals surface area contributed by atoms with Crippen LogP contribution in [-0.4, -0.2) is 26.4 Å². The zero-order chi connectivity index (χ0) is 12.7. The molecule has 2 aromatic heterocycles. The van der Waals surface area contributed by atoms with Crippen LogP contribution in [0.3, 0.4) is 0 Å². The number of fused-ring (bicyclic) bond motifs is 1. The van der Waals surface area contributed by atoms with Gasteiger partial charge >= 0.3 is 5.97 Å². The highest BCUT2D eigenvalue weighted by molar-refractivity contribution is 5.88. The van der Waals surface area contributed by atoms with Gasteiger partial charge < -0.3 is 9.63 Å². The number of nitrogens with one attached hydrogen (secondary N) is 1. The van der Waals surface area contributed by atoms with Crippen molar-refractivity contribution in [1.29, 1.82) is 0 Å². The van der Waals surface area contributed by atoms with Crippen LogP contribution < -0.4 is 0 Å². The van der Waals surface area contributed by atoms with E-state index in [9.17, 15) is 4.79 Å². The highest BCUT2D eigenvalue weighted by atomic mass is 16.5. The maximum atomic E-state index is 10.8. The SMILES string of the molecule is Cc1noc2cc(-c3cc(C(=O)O)[nH]n3)ccc12. The first-order valence-electron chi connectivity index (χ1n) is 5.30. The molecule has 0 saturated carbocycles. The van der Waals surface area contributed by atoms with Crippen LogP contribution in [0.2, 0.25) is 0 Å². The summed E-state index contributed by atoms with van der Waals surface area (Å²) in [6.07, 6.45) is 0. The molecule has 90 valence electrons. The highest BCUT2D eigenvalue weighted by Crippen LogP contribution is 2.25. The van der Waals surface area contributed by atoms with Gasteiger partial charge in [0, 0.05) is 10.9 Å². The minimum absolute atomic E-state index is 0.0545. The van der Waals surface area contributed by atoms with Crippen LogP contribution in [0.15, 0.2) is 28.8 Å². The normalized spacial score (nSPS) is 10.9. The Labute approximate surface area is 101 Å². The largest absolute Gasteiger partial charge is 0.477 e. The average Bonchev–Trinajstić information content (AvgIpc) is 2.96. The van der Waals surface area contributed by atoms with E-state index in [0.717, 1.165) is 16.6 Å². The molecule has 3 rings (SSSR count). The lowest BCUT2D eigenvalue weighted by Crippen LogP contribution is -1.95. The van der Waals surface area contributed by atoms with Crippen molar-refractivity contribution >= 4 is 16.9 Å². The van der Waals surface area contributed by atoms with Crippen molar-refractivity contribution in [3.63, 3.8) is 0 Å². The number of rotatable bonds is 2. The predicted molar refractivity (Wildman–Crippen MR) is 63.3 cm³/mol. The second-order valence-electron chi connectivity index (χ2n) is 3.95. The third-order valence-corrected chi connectivity index (χ3v) is 2.76. The van der Waals surface area contributed by atoms with Gasteiger partial charge in [-0.25, -0.2) is 4.79 Å². The first-order chi connectivity index (χ1) is 8.65. The summed E-state index contributed by atoms with van der Waals surface area (Å²) in [6.45, 7) is 1.86. The Morgan fingerprint density at radius 2 is 2.22 bits per heavy atom.